The first kappa shape index (κ1) is 18.6. The highest BCUT2D eigenvalue weighted by Gasteiger charge is 2.25. The van der Waals surface area contributed by atoms with Gasteiger partial charge in [-0.3, -0.25) is 9.59 Å². The van der Waals surface area contributed by atoms with E-state index in [4.69, 9.17) is 0 Å². The van der Waals surface area contributed by atoms with Gasteiger partial charge < -0.3 is 15.1 Å². The Morgan fingerprint density at radius 1 is 1.00 bits per heavy atom. The lowest BCUT2D eigenvalue weighted by molar-refractivity contribution is -0.129. The number of hydrogen-bond donors (Lipinski definition) is 1. The number of amides is 2. The molecule has 0 atom stereocenters. The maximum absolute atomic E-state index is 12.6. The van der Waals surface area contributed by atoms with Gasteiger partial charge in [0.15, 0.2) is 0 Å². The molecule has 1 N–H and O–H groups in total. The number of carbonyl (C=O) groups excluding carboxylic acids is 2. The summed E-state index contributed by atoms with van der Waals surface area (Å²) in [5.41, 5.74) is 3.65. The number of hydrogen-bond acceptors (Lipinski definition) is 4. The van der Waals surface area contributed by atoms with Crippen LogP contribution >= 0.6 is 11.8 Å². The van der Waals surface area contributed by atoms with Gasteiger partial charge in [0.2, 0.25) is 11.8 Å². The van der Waals surface area contributed by atoms with Gasteiger partial charge in [-0.15, -0.1) is 11.8 Å². The molecule has 2 aromatic rings. The molecule has 2 aliphatic heterocycles. The Hall–Kier alpha value is -2.73. The minimum Gasteiger partial charge on any atom is -0.372 e. The van der Waals surface area contributed by atoms with E-state index in [2.05, 4.69) is 10.2 Å². The second-order valence-electron chi connectivity index (χ2n) is 6.95. The van der Waals surface area contributed by atoms with E-state index < -0.39 is 0 Å². The van der Waals surface area contributed by atoms with Crippen LogP contribution in [0.5, 0.6) is 0 Å². The Labute approximate surface area is 169 Å². The molecular weight excluding hydrogens is 370 g/mol. The van der Waals surface area contributed by atoms with E-state index in [1.165, 1.54) is 30.3 Å². The SMILES string of the molecule is O=C(CN1C(=O)CSC=C1c1ccccc1)Nc1ccc(N2CCCC2)cc1. The summed E-state index contributed by atoms with van der Waals surface area (Å²) in [6, 6.07) is 17.6. The molecule has 144 valence electrons. The van der Waals surface area contributed by atoms with Gasteiger partial charge in [-0.1, -0.05) is 30.3 Å². The molecule has 0 aliphatic carbocycles. The zero-order valence-corrected chi connectivity index (χ0v) is 16.5. The van der Waals surface area contributed by atoms with Crippen LogP contribution in [-0.4, -0.2) is 42.1 Å². The van der Waals surface area contributed by atoms with Crippen LogP contribution in [-0.2, 0) is 9.59 Å². The zero-order valence-electron chi connectivity index (χ0n) is 15.6. The van der Waals surface area contributed by atoms with Gasteiger partial charge in [0.1, 0.15) is 6.54 Å². The maximum Gasteiger partial charge on any atom is 0.244 e. The molecule has 2 aliphatic rings. The first-order valence-corrected chi connectivity index (χ1v) is 10.6. The number of carbonyl (C=O) groups is 2. The Morgan fingerprint density at radius 3 is 2.43 bits per heavy atom. The molecule has 0 bridgehead atoms. The Kier molecular flexibility index (Phi) is 5.67. The molecule has 5 nitrogen and oxygen atoms in total. The Balaban J connectivity index is 1.42. The van der Waals surface area contributed by atoms with Crippen LogP contribution in [0.25, 0.3) is 5.70 Å². The fourth-order valence-electron chi connectivity index (χ4n) is 3.55. The van der Waals surface area contributed by atoms with Crippen LogP contribution in [0.4, 0.5) is 11.4 Å². The largest absolute Gasteiger partial charge is 0.372 e. The lowest BCUT2D eigenvalue weighted by atomic mass is 10.1. The normalized spacial score (nSPS) is 16.9. The molecule has 6 heteroatoms. The lowest BCUT2D eigenvalue weighted by Crippen LogP contribution is -2.39. The number of thioether (sulfide) groups is 1. The molecule has 2 amide bonds. The summed E-state index contributed by atoms with van der Waals surface area (Å²) in [5.74, 6) is 0.107. The van der Waals surface area contributed by atoms with Crippen molar-refractivity contribution in [2.75, 3.05) is 35.6 Å². The number of rotatable bonds is 5. The van der Waals surface area contributed by atoms with E-state index in [1.807, 2.05) is 60.0 Å². The standard InChI is InChI=1S/C22H23N3O2S/c26-21(23-18-8-10-19(11-9-18)24-12-4-5-13-24)14-25-20(15-28-16-22(25)27)17-6-2-1-3-7-17/h1-3,6-11,15H,4-5,12-14,16H2,(H,23,26). The summed E-state index contributed by atoms with van der Waals surface area (Å²) in [4.78, 5) is 29.0. The van der Waals surface area contributed by atoms with Crippen molar-refractivity contribution in [3.63, 3.8) is 0 Å². The molecule has 0 unspecified atom stereocenters. The summed E-state index contributed by atoms with van der Waals surface area (Å²) in [7, 11) is 0. The number of benzene rings is 2. The van der Waals surface area contributed by atoms with E-state index in [9.17, 15) is 9.59 Å². The molecule has 2 heterocycles. The van der Waals surface area contributed by atoms with Gasteiger partial charge in [0.25, 0.3) is 0 Å². The average molecular weight is 394 g/mol. The van der Waals surface area contributed by atoms with E-state index >= 15 is 0 Å². The molecule has 0 radical (unpaired) electrons. The summed E-state index contributed by atoms with van der Waals surface area (Å²) in [6.45, 7) is 2.19. The van der Waals surface area contributed by atoms with Gasteiger partial charge in [0.05, 0.1) is 11.4 Å². The van der Waals surface area contributed by atoms with Gasteiger partial charge >= 0.3 is 0 Å². The van der Waals surface area contributed by atoms with Crippen LogP contribution in [0.3, 0.4) is 0 Å². The fourth-order valence-corrected chi connectivity index (χ4v) is 4.35. The van der Waals surface area contributed by atoms with Crippen molar-refractivity contribution in [1.29, 1.82) is 0 Å². The average Bonchev–Trinajstić information content (AvgIpc) is 3.26. The van der Waals surface area contributed by atoms with Crippen molar-refractivity contribution in [3.05, 3.63) is 65.6 Å². The molecule has 1 saturated heterocycles. The van der Waals surface area contributed by atoms with E-state index in [1.54, 1.807) is 4.90 Å². The molecule has 28 heavy (non-hydrogen) atoms. The van der Waals surface area contributed by atoms with Crippen molar-refractivity contribution in [1.82, 2.24) is 4.90 Å². The second kappa shape index (κ2) is 8.52. The Bertz CT molecular complexity index is 874. The molecule has 0 spiro atoms. The molecule has 1 fully saturated rings. The molecule has 0 aromatic heterocycles. The summed E-state index contributed by atoms with van der Waals surface area (Å²) >= 11 is 1.46. The zero-order chi connectivity index (χ0) is 19.3. The number of nitrogens with one attached hydrogen (secondary N) is 1. The van der Waals surface area contributed by atoms with Crippen molar-refractivity contribution in [2.45, 2.75) is 12.8 Å². The van der Waals surface area contributed by atoms with Crippen molar-refractivity contribution in [3.8, 4) is 0 Å². The fraction of sp³-hybridized carbons (Fsp3) is 0.273. The van der Waals surface area contributed by atoms with Crippen LogP contribution in [0.15, 0.2) is 60.0 Å². The summed E-state index contributed by atoms with van der Waals surface area (Å²) in [5, 5.41) is 4.87. The summed E-state index contributed by atoms with van der Waals surface area (Å²) in [6.07, 6.45) is 2.47. The monoisotopic (exact) mass is 393 g/mol. The first-order valence-electron chi connectivity index (χ1n) is 9.53. The van der Waals surface area contributed by atoms with Crippen LogP contribution in [0.1, 0.15) is 18.4 Å². The highest BCUT2D eigenvalue weighted by atomic mass is 32.2. The smallest absolute Gasteiger partial charge is 0.244 e. The highest BCUT2D eigenvalue weighted by Crippen LogP contribution is 2.28. The van der Waals surface area contributed by atoms with Gasteiger partial charge in [-0.2, -0.15) is 0 Å². The number of anilines is 2. The molecular formula is C22H23N3O2S. The van der Waals surface area contributed by atoms with Crippen LogP contribution in [0, 0.1) is 0 Å². The third kappa shape index (κ3) is 4.22. The quantitative estimate of drug-likeness (QED) is 0.840. The second-order valence-corrected chi connectivity index (χ2v) is 7.81. The lowest BCUT2D eigenvalue weighted by Gasteiger charge is -2.28. The first-order chi connectivity index (χ1) is 13.7. The minimum atomic E-state index is -0.198. The van der Waals surface area contributed by atoms with E-state index in [-0.39, 0.29) is 18.4 Å². The van der Waals surface area contributed by atoms with E-state index in [0.29, 0.717) is 5.75 Å². The van der Waals surface area contributed by atoms with Gasteiger partial charge in [-0.05, 0) is 48.1 Å². The van der Waals surface area contributed by atoms with Crippen LogP contribution < -0.4 is 10.2 Å². The maximum atomic E-state index is 12.6. The number of nitrogens with zero attached hydrogens (tertiary/aromatic N) is 2. The Morgan fingerprint density at radius 2 is 1.71 bits per heavy atom. The highest BCUT2D eigenvalue weighted by molar-refractivity contribution is 8.03. The van der Waals surface area contributed by atoms with Gasteiger partial charge in [0, 0.05) is 24.5 Å². The molecule has 0 saturated carbocycles. The van der Waals surface area contributed by atoms with Crippen molar-refractivity contribution in [2.24, 2.45) is 0 Å². The third-order valence-electron chi connectivity index (χ3n) is 4.99. The summed E-state index contributed by atoms with van der Waals surface area (Å²) < 4.78 is 0. The third-order valence-corrected chi connectivity index (χ3v) is 5.79. The van der Waals surface area contributed by atoms with E-state index in [0.717, 1.165) is 30.0 Å². The van der Waals surface area contributed by atoms with Crippen molar-refractivity contribution >= 4 is 40.6 Å². The van der Waals surface area contributed by atoms with Gasteiger partial charge in [-0.25, -0.2) is 0 Å². The van der Waals surface area contributed by atoms with Crippen molar-refractivity contribution < 1.29 is 9.59 Å². The molecule has 4 rings (SSSR count). The predicted octanol–water partition coefficient (Wildman–Crippen LogP) is 3.80. The predicted molar refractivity (Wildman–Crippen MR) is 115 cm³/mol. The minimum absolute atomic E-state index is 0.00793. The topological polar surface area (TPSA) is 52.7 Å². The molecule has 2 aromatic carbocycles. The van der Waals surface area contributed by atoms with Crippen LogP contribution in [0.2, 0.25) is 0 Å².